The number of rotatable bonds is 7. The van der Waals surface area contributed by atoms with E-state index in [9.17, 15) is 4.79 Å². The minimum Gasteiger partial charge on any atom is -0.463 e. The Morgan fingerprint density at radius 3 is 2.25 bits per heavy atom. The summed E-state index contributed by atoms with van der Waals surface area (Å²) in [4.78, 5) is 11.5. The lowest BCUT2D eigenvalue weighted by molar-refractivity contribution is -0.145. The molecule has 1 aromatic rings. The second kappa shape index (κ2) is 9.54. The van der Waals surface area contributed by atoms with Gasteiger partial charge in [0.25, 0.3) is 0 Å². The molecule has 0 amide bonds. The van der Waals surface area contributed by atoms with Crippen LogP contribution in [0.4, 0.5) is 0 Å². The molecule has 0 aliphatic heterocycles. The highest BCUT2D eigenvalue weighted by Crippen LogP contribution is 2.16. The summed E-state index contributed by atoms with van der Waals surface area (Å²) in [7, 11) is 0. The molecule has 0 unspecified atom stereocenters. The molecule has 0 saturated heterocycles. The van der Waals surface area contributed by atoms with Crippen LogP contribution in [0.1, 0.15) is 43.0 Å². The van der Waals surface area contributed by atoms with E-state index in [1.807, 2.05) is 6.92 Å². The number of carbonyl (C=O) groups is 1. The molecule has 20 heavy (non-hydrogen) atoms. The molecule has 0 aliphatic carbocycles. The van der Waals surface area contributed by atoms with Gasteiger partial charge in [0.2, 0.25) is 0 Å². The Balaban J connectivity index is 0.00000361. The molecule has 0 aromatic heterocycles. The first-order chi connectivity index (χ1) is 9.04. The van der Waals surface area contributed by atoms with Gasteiger partial charge in [-0.1, -0.05) is 19.6 Å². The molecule has 1 aromatic carbocycles. The number of ether oxygens (including phenoxy) is 2. The summed E-state index contributed by atoms with van der Waals surface area (Å²) in [5.41, 5.74) is 5.07. The summed E-state index contributed by atoms with van der Waals surface area (Å²) >= 11 is 0. The molecule has 0 aliphatic rings. The average molecular weight is 280 g/mol. The summed E-state index contributed by atoms with van der Waals surface area (Å²) < 4.78 is 10.2. The maximum Gasteiger partial charge on any atom is 0.306 e. The predicted molar refractivity (Wildman–Crippen MR) is 83.2 cm³/mol. The quantitative estimate of drug-likeness (QED) is 0.563. The van der Waals surface area contributed by atoms with Gasteiger partial charge in [0.1, 0.15) is 6.61 Å². The van der Waals surface area contributed by atoms with Crippen LogP contribution in [0.15, 0.2) is 12.1 Å². The van der Waals surface area contributed by atoms with Crippen molar-refractivity contribution in [3.05, 3.63) is 34.4 Å². The molecular weight excluding hydrogens is 252 g/mol. The second-order valence-electron chi connectivity index (χ2n) is 4.77. The maximum absolute atomic E-state index is 11.5. The minimum absolute atomic E-state index is 0. The number of carbonyl (C=O) groups excluding carboxylic acids is 1. The van der Waals surface area contributed by atoms with Gasteiger partial charge in [-0.25, -0.2) is 0 Å². The number of hydrogen-bond donors (Lipinski definition) is 0. The van der Waals surface area contributed by atoms with Crippen LogP contribution in [-0.4, -0.2) is 25.8 Å². The van der Waals surface area contributed by atoms with Gasteiger partial charge in [0, 0.05) is 13.0 Å². The second-order valence-corrected chi connectivity index (χ2v) is 4.77. The zero-order valence-electron chi connectivity index (χ0n) is 12.4. The first kappa shape index (κ1) is 18.7. The van der Waals surface area contributed by atoms with E-state index in [0.717, 1.165) is 6.42 Å². The van der Waals surface area contributed by atoms with Gasteiger partial charge in [-0.2, -0.15) is 0 Å². The third-order valence-corrected chi connectivity index (χ3v) is 3.30. The van der Waals surface area contributed by atoms with E-state index >= 15 is 0 Å². The summed E-state index contributed by atoms with van der Waals surface area (Å²) in [6.45, 7) is 9.72. The molecule has 0 spiro atoms. The fourth-order valence-corrected chi connectivity index (χ4v) is 1.95. The van der Waals surface area contributed by atoms with Gasteiger partial charge in [-0.05, 0) is 56.4 Å². The Morgan fingerprint density at radius 1 is 1.10 bits per heavy atom. The Labute approximate surface area is 123 Å². The molecule has 0 fully saturated rings. The van der Waals surface area contributed by atoms with Crippen molar-refractivity contribution in [1.82, 2.24) is 0 Å². The molecule has 3 heteroatoms. The van der Waals surface area contributed by atoms with Gasteiger partial charge in [-0.3, -0.25) is 4.79 Å². The lowest BCUT2D eigenvalue weighted by atomic mass is 9.98. The van der Waals surface area contributed by atoms with Gasteiger partial charge >= 0.3 is 5.97 Å². The van der Waals surface area contributed by atoms with Crippen molar-refractivity contribution < 1.29 is 14.3 Å². The molecule has 114 valence electrons. The fraction of sp³-hybridized carbons (Fsp3) is 0.588. The van der Waals surface area contributed by atoms with Crippen molar-refractivity contribution in [2.45, 2.75) is 48.0 Å². The van der Waals surface area contributed by atoms with Crippen LogP contribution >= 0.6 is 0 Å². The number of aryl methyl sites for hydroxylation is 3. The molecule has 0 bridgehead atoms. The highest BCUT2D eigenvalue weighted by molar-refractivity contribution is 5.69. The zero-order valence-corrected chi connectivity index (χ0v) is 12.4. The Morgan fingerprint density at radius 2 is 1.70 bits per heavy atom. The molecule has 3 nitrogen and oxygen atoms in total. The number of benzene rings is 1. The van der Waals surface area contributed by atoms with E-state index in [2.05, 4.69) is 32.9 Å². The summed E-state index contributed by atoms with van der Waals surface area (Å²) in [6.07, 6.45) is 1.16. The van der Waals surface area contributed by atoms with E-state index < -0.39 is 0 Å². The van der Waals surface area contributed by atoms with E-state index in [-0.39, 0.29) is 13.4 Å². The molecule has 0 N–H and O–H groups in total. The SMILES string of the molecule is C.CCOCCOC(=O)CCc1cc(C)c(C)c(C)c1. The lowest BCUT2D eigenvalue weighted by Crippen LogP contribution is -2.11. The molecular formula is C17H28O3. The summed E-state index contributed by atoms with van der Waals surface area (Å²) in [5.74, 6) is -0.157. The van der Waals surface area contributed by atoms with Crippen LogP contribution in [0, 0.1) is 20.8 Å². The topological polar surface area (TPSA) is 35.5 Å². The third kappa shape index (κ3) is 6.20. The first-order valence-corrected chi connectivity index (χ1v) is 6.84. The highest BCUT2D eigenvalue weighted by Gasteiger charge is 2.06. The van der Waals surface area contributed by atoms with Gasteiger partial charge in [0.15, 0.2) is 0 Å². The molecule has 0 saturated carbocycles. The maximum atomic E-state index is 11.5. The summed E-state index contributed by atoms with van der Waals surface area (Å²) in [6, 6.07) is 4.30. The van der Waals surface area contributed by atoms with Crippen molar-refractivity contribution in [3.8, 4) is 0 Å². The lowest BCUT2D eigenvalue weighted by Gasteiger charge is -2.09. The van der Waals surface area contributed by atoms with Crippen LogP contribution in [0.2, 0.25) is 0 Å². The van der Waals surface area contributed by atoms with Crippen LogP contribution in [0.25, 0.3) is 0 Å². The van der Waals surface area contributed by atoms with E-state index in [0.29, 0.717) is 26.2 Å². The van der Waals surface area contributed by atoms with Crippen molar-refractivity contribution in [1.29, 1.82) is 0 Å². The Bertz CT molecular complexity index is 401. The largest absolute Gasteiger partial charge is 0.463 e. The van der Waals surface area contributed by atoms with E-state index in [1.165, 1.54) is 22.3 Å². The van der Waals surface area contributed by atoms with Crippen LogP contribution < -0.4 is 0 Å². The number of esters is 1. The smallest absolute Gasteiger partial charge is 0.306 e. The van der Waals surface area contributed by atoms with Crippen molar-refractivity contribution in [2.24, 2.45) is 0 Å². The van der Waals surface area contributed by atoms with Crippen molar-refractivity contribution in [2.75, 3.05) is 19.8 Å². The van der Waals surface area contributed by atoms with Gasteiger partial charge in [0.05, 0.1) is 6.61 Å². The van der Waals surface area contributed by atoms with Gasteiger partial charge in [-0.15, -0.1) is 0 Å². The summed E-state index contributed by atoms with van der Waals surface area (Å²) in [5, 5.41) is 0. The molecule has 0 heterocycles. The zero-order chi connectivity index (χ0) is 14.3. The molecule has 0 atom stereocenters. The molecule has 0 radical (unpaired) electrons. The average Bonchev–Trinajstić information content (AvgIpc) is 2.38. The first-order valence-electron chi connectivity index (χ1n) is 6.84. The monoisotopic (exact) mass is 280 g/mol. The Hall–Kier alpha value is -1.35. The molecule has 1 rings (SSSR count). The normalized spacial score (nSPS) is 10.0. The van der Waals surface area contributed by atoms with Crippen molar-refractivity contribution in [3.63, 3.8) is 0 Å². The van der Waals surface area contributed by atoms with E-state index in [1.54, 1.807) is 0 Å². The highest BCUT2D eigenvalue weighted by atomic mass is 16.6. The predicted octanol–water partition coefficient (Wildman–Crippen LogP) is 3.76. The van der Waals surface area contributed by atoms with E-state index in [4.69, 9.17) is 9.47 Å². The fourth-order valence-electron chi connectivity index (χ4n) is 1.95. The Kier molecular flexibility index (Phi) is 8.89. The van der Waals surface area contributed by atoms with Gasteiger partial charge < -0.3 is 9.47 Å². The van der Waals surface area contributed by atoms with Crippen LogP contribution in [0.5, 0.6) is 0 Å². The van der Waals surface area contributed by atoms with Crippen LogP contribution in [0.3, 0.4) is 0 Å². The van der Waals surface area contributed by atoms with Crippen molar-refractivity contribution >= 4 is 5.97 Å². The minimum atomic E-state index is -0.157. The standard InChI is InChI=1S/C16H24O3.CH4/c1-5-18-8-9-19-16(17)7-6-15-10-12(2)14(4)13(3)11-15;/h10-11H,5-9H2,1-4H3;1H4. The van der Waals surface area contributed by atoms with Crippen LogP contribution in [-0.2, 0) is 20.7 Å². The third-order valence-electron chi connectivity index (χ3n) is 3.30. The number of hydrogen-bond acceptors (Lipinski definition) is 3.